The van der Waals surface area contributed by atoms with Crippen molar-refractivity contribution in [2.45, 2.75) is 32.7 Å². The number of benzene rings is 1. The van der Waals surface area contributed by atoms with Crippen molar-refractivity contribution in [1.29, 1.82) is 0 Å². The average molecular weight is 231 g/mol. The Kier molecular flexibility index (Phi) is 3.36. The molecule has 2 rings (SSSR count). The van der Waals surface area contributed by atoms with Crippen LogP contribution in [0.2, 0.25) is 0 Å². The third-order valence-corrected chi connectivity index (χ3v) is 3.43. The summed E-state index contributed by atoms with van der Waals surface area (Å²) in [5.74, 6) is 1.25. The van der Waals surface area contributed by atoms with Gasteiger partial charge >= 0.3 is 0 Å². The van der Waals surface area contributed by atoms with Crippen molar-refractivity contribution in [3.8, 4) is 0 Å². The molecular formula is C14H21N3. The average Bonchev–Trinajstić information content (AvgIpc) is 2.70. The Morgan fingerprint density at radius 3 is 2.53 bits per heavy atom. The summed E-state index contributed by atoms with van der Waals surface area (Å²) in [7, 11) is 0. The van der Waals surface area contributed by atoms with Crippen molar-refractivity contribution in [2.24, 2.45) is 10.7 Å². The fraction of sp³-hybridized carbons (Fsp3) is 0.500. The minimum absolute atomic E-state index is 0.321. The number of hydrogen-bond acceptors (Lipinski definition) is 3. The molecule has 0 aliphatic carbocycles. The van der Waals surface area contributed by atoms with E-state index >= 15 is 0 Å². The molecule has 0 radical (unpaired) electrons. The van der Waals surface area contributed by atoms with E-state index in [9.17, 15) is 0 Å². The molecule has 92 valence electrons. The SMILES string of the molecule is CCN1C(N)=NCC1c1ccc(C(C)C)cc1. The van der Waals surface area contributed by atoms with Gasteiger partial charge in [-0.3, -0.25) is 4.99 Å². The van der Waals surface area contributed by atoms with E-state index in [1.807, 2.05) is 0 Å². The Hall–Kier alpha value is -1.51. The van der Waals surface area contributed by atoms with Crippen LogP contribution in [-0.4, -0.2) is 23.9 Å². The minimum Gasteiger partial charge on any atom is -0.370 e. The molecule has 0 bridgehead atoms. The topological polar surface area (TPSA) is 41.6 Å². The molecule has 0 fully saturated rings. The first-order chi connectivity index (χ1) is 8.13. The van der Waals surface area contributed by atoms with Crippen LogP contribution in [0.25, 0.3) is 0 Å². The molecular weight excluding hydrogens is 210 g/mol. The second-order valence-corrected chi connectivity index (χ2v) is 4.82. The first kappa shape index (κ1) is 12.0. The molecule has 0 amide bonds. The third kappa shape index (κ3) is 2.28. The Morgan fingerprint density at radius 2 is 2.00 bits per heavy atom. The number of hydrogen-bond donors (Lipinski definition) is 1. The second-order valence-electron chi connectivity index (χ2n) is 4.82. The van der Waals surface area contributed by atoms with Crippen LogP contribution in [0.15, 0.2) is 29.3 Å². The number of nitrogens with two attached hydrogens (primary N) is 1. The van der Waals surface area contributed by atoms with Gasteiger partial charge in [-0.05, 0) is 24.0 Å². The Morgan fingerprint density at radius 1 is 1.35 bits per heavy atom. The Balaban J connectivity index is 2.18. The largest absolute Gasteiger partial charge is 0.370 e. The molecule has 0 saturated heterocycles. The summed E-state index contributed by atoms with van der Waals surface area (Å²) >= 11 is 0. The smallest absolute Gasteiger partial charge is 0.191 e. The summed E-state index contributed by atoms with van der Waals surface area (Å²) in [6, 6.07) is 9.15. The highest BCUT2D eigenvalue weighted by Gasteiger charge is 2.25. The zero-order valence-electron chi connectivity index (χ0n) is 10.9. The summed E-state index contributed by atoms with van der Waals surface area (Å²) in [5, 5.41) is 0. The molecule has 2 N–H and O–H groups in total. The van der Waals surface area contributed by atoms with Crippen LogP contribution in [0, 0.1) is 0 Å². The van der Waals surface area contributed by atoms with Crippen LogP contribution in [0.3, 0.4) is 0 Å². The lowest BCUT2D eigenvalue weighted by Crippen LogP contribution is -2.35. The first-order valence-electron chi connectivity index (χ1n) is 6.30. The van der Waals surface area contributed by atoms with E-state index in [0.29, 0.717) is 17.9 Å². The molecule has 1 aliphatic rings. The van der Waals surface area contributed by atoms with Gasteiger partial charge in [-0.2, -0.15) is 0 Å². The van der Waals surface area contributed by atoms with Crippen LogP contribution in [0.4, 0.5) is 0 Å². The predicted octanol–water partition coefficient (Wildman–Crippen LogP) is 2.50. The second kappa shape index (κ2) is 4.78. The number of nitrogens with zero attached hydrogens (tertiary/aromatic N) is 2. The number of likely N-dealkylation sites (N-methyl/N-ethyl adjacent to an activating group) is 1. The van der Waals surface area contributed by atoms with E-state index in [-0.39, 0.29) is 0 Å². The van der Waals surface area contributed by atoms with Gasteiger partial charge in [0.25, 0.3) is 0 Å². The zero-order chi connectivity index (χ0) is 12.4. The maximum Gasteiger partial charge on any atom is 0.191 e. The fourth-order valence-electron chi connectivity index (χ4n) is 2.30. The molecule has 1 aromatic carbocycles. The summed E-state index contributed by atoms with van der Waals surface area (Å²) < 4.78 is 0. The van der Waals surface area contributed by atoms with Crippen molar-refractivity contribution >= 4 is 5.96 Å². The van der Waals surface area contributed by atoms with Gasteiger partial charge in [-0.15, -0.1) is 0 Å². The van der Waals surface area contributed by atoms with Crippen LogP contribution in [0.5, 0.6) is 0 Å². The van der Waals surface area contributed by atoms with E-state index in [1.54, 1.807) is 0 Å². The third-order valence-electron chi connectivity index (χ3n) is 3.43. The van der Waals surface area contributed by atoms with Gasteiger partial charge in [-0.25, -0.2) is 0 Å². The molecule has 17 heavy (non-hydrogen) atoms. The highest BCUT2D eigenvalue weighted by Crippen LogP contribution is 2.26. The number of guanidine groups is 1. The molecule has 1 atom stereocenters. The molecule has 1 unspecified atom stereocenters. The quantitative estimate of drug-likeness (QED) is 0.868. The van der Waals surface area contributed by atoms with E-state index in [4.69, 9.17) is 5.73 Å². The van der Waals surface area contributed by atoms with Crippen molar-refractivity contribution < 1.29 is 0 Å². The molecule has 3 nitrogen and oxygen atoms in total. The standard InChI is InChI=1S/C14H21N3/c1-4-17-13(9-16-14(17)15)12-7-5-11(6-8-12)10(2)3/h5-8,10,13H,4,9H2,1-3H3,(H2,15,16). The van der Waals surface area contributed by atoms with Crippen molar-refractivity contribution in [2.75, 3.05) is 13.1 Å². The highest BCUT2D eigenvalue weighted by atomic mass is 15.3. The maximum atomic E-state index is 5.87. The number of rotatable bonds is 3. The van der Waals surface area contributed by atoms with Gasteiger partial charge in [0, 0.05) is 6.54 Å². The Bertz CT molecular complexity index is 406. The molecule has 3 heteroatoms. The maximum absolute atomic E-state index is 5.87. The summed E-state index contributed by atoms with van der Waals surface area (Å²) in [6.45, 7) is 8.23. The lowest BCUT2D eigenvalue weighted by molar-refractivity contribution is 0.364. The molecule has 1 heterocycles. The van der Waals surface area contributed by atoms with Gasteiger partial charge < -0.3 is 10.6 Å². The lowest BCUT2D eigenvalue weighted by atomic mass is 9.99. The normalized spacial score (nSPS) is 19.9. The van der Waals surface area contributed by atoms with Gasteiger partial charge in [0.1, 0.15) is 0 Å². The van der Waals surface area contributed by atoms with Crippen LogP contribution in [0.1, 0.15) is 43.9 Å². The number of aliphatic imine (C=N–C) groups is 1. The van der Waals surface area contributed by atoms with E-state index in [1.165, 1.54) is 11.1 Å². The summed E-state index contributed by atoms with van der Waals surface area (Å²) in [5.41, 5.74) is 8.56. The molecule has 1 aliphatic heterocycles. The molecule has 0 aromatic heterocycles. The first-order valence-corrected chi connectivity index (χ1v) is 6.30. The minimum atomic E-state index is 0.321. The van der Waals surface area contributed by atoms with Crippen LogP contribution >= 0.6 is 0 Å². The highest BCUT2D eigenvalue weighted by molar-refractivity contribution is 5.80. The predicted molar refractivity (Wildman–Crippen MR) is 72.1 cm³/mol. The Labute approximate surface area is 103 Å². The fourth-order valence-corrected chi connectivity index (χ4v) is 2.30. The lowest BCUT2D eigenvalue weighted by Gasteiger charge is -2.25. The molecule has 0 saturated carbocycles. The summed E-state index contributed by atoms with van der Waals surface area (Å²) in [4.78, 5) is 6.48. The van der Waals surface area contributed by atoms with Gasteiger partial charge in [0.2, 0.25) is 0 Å². The molecule has 1 aromatic rings. The van der Waals surface area contributed by atoms with Crippen LogP contribution < -0.4 is 5.73 Å². The van der Waals surface area contributed by atoms with E-state index in [0.717, 1.165) is 13.1 Å². The van der Waals surface area contributed by atoms with E-state index in [2.05, 4.69) is 54.9 Å². The van der Waals surface area contributed by atoms with Gasteiger partial charge in [-0.1, -0.05) is 38.1 Å². The van der Waals surface area contributed by atoms with Gasteiger partial charge in [0.05, 0.1) is 12.6 Å². The zero-order valence-corrected chi connectivity index (χ0v) is 10.9. The van der Waals surface area contributed by atoms with Crippen molar-refractivity contribution in [3.05, 3.63) is 35.4 Å². The van der Waals surface area contributed by atoms with Crippen molar-refractivity contribution in [1.82, 2.24) is 4.90 Å². The summed E-state index contributed by atoms with van der Waals surface area (Å²) in [6.07, 6.45) is 0. The van der Waals surface area contributed by atoms with Crippen molar-refractivity contribution in [3.63, 3.8) is 0 Å². The molecule has 0 spiro atoms. The van der Waals surface area contributed by atoms with E-state index < -0.39 is 0 Å². The monoisotopic (exact) mass is 231 g/mol. The van der Waals surface area contributed by atoms with Crippen LogP contribution in [-0.2, 0) is 0 Å². The van der Waals surface area contributed by atoms with Gasteiger partial charge in [0.15, 0.2) is 5.96 Å².